The van der Waals surface area contributed by atoms with Crippen LogP contribution < -0.4 is 5.32 Å². The van der Waals surface area contributed by atoms with E-state index in [0.29, 0.717) is 11.6 Å². The molecule has 0 amide bonds. The van der Waals surface area contributed by atoms with Gasteiger partial charge >= 0.3 is 5.97 Å². The van der Waals surface area contributed by atoms with Gasteiger partial charge in [0.2, 0.25) is 0 Å². The van der Waals surface area contributed by atoms with E-state index >= 15 is 0 Å². The molecule has 2 fully saturated rings. The Balaban J connectivity index is 1.69. The minimum atomic E-state index is -0.266. The number of hydrogen-bond donors (Lipinski definition) is 1. The molecule has 21 heavy (non-hydrogen) atoms. The zero-order valence-corrected chi connectivity index (χ0v) is 13.0. The summed E-state index contributed by atoms with van der Waals surface area (Å²) in [7, 11) is 1.43. The number of aryl methyl sites for hydroxylation is 1. The van der Waals surface area contributed by atoms with Gasteiger partial charge in [0.15, 0.2) is 0 Å². The topological polar surface area (TPSA) is 38.3 Å². The van der Waals surface area contributed by atoms with Crippen LogP contribution in [0.2, 0.25) is 0 Å². The number of carbonyl (C=O) groups is 1. The predicted octanol–water partition coefficient (Wildman–Crippen LogP) is 4.16. The lowest BCUT2D eigenvalue weighted by Gasteiger charge is -2.31. The van der Waals surface area contributed by atoms with Crippen molar-refractivity contribution < 1.29 is 9.53 Å². The van der Waals surface area contributed by atoms with Gasteiger partial charge in [-0.3, -0.25) is 0 Å². The fourth-order valence-corrected chi connectivity index (χ4v) is 3.60. The summed E-state index contributed by atoms with van der Waals surface area (Å²) in [6.07, 6.45) is 8.14. The van der Waals surface area contributed by atoms with Crippen LogP contribution in [0.3, 0.4) is 0 Å². The Hall–Kier alpha value is -1.51. The second-order valence-electron chi connectivity index (χ2n) is 6.63. The summed E-state index contributed by atoms with van der Waals surface area (Å²) in [4.78, 5) is 11.7. The number of esters is 1. The smallest absolute Gasteiger partial charge is 0.337 e. The largest absolute Gasteiger partial charge is 0.465 e. The third kappa shape index (κ3) is 3.39. The van der Waals surface area contributed by atoms with Crippen LogP contribution in [-0.4, -0.2) is 19.1 Å². The van der Waals surface area contributed by atoms with Crippen molar-refractivity contribution >= 4 is 11.7 Å². The third-order valence-electron chi connectivity index (χ3n) is 5.02. The summed E-state index contributed by atoms with van der Waals surface area (Å²) >= 11 is 0. The van der Waals surface area contributed by atoms with E-state index in [-0.39, 0.29) is 5.97 Å². The molecule has 0 radical (unpaired) electrons. The highest BCUT2D eigenvalue weighted by atomic mass is 16.5. The van der Waals surface area contributed by atoms with Crippen molar-refractivity contribution in [3.63, 3.8) is 0 Å². The molecular formula is C18H25NO2. The first-order chi connectivity index (χ1) is 10.2. The van der Waals surface area contributed by atoms with Gasteiger partial charge in [0.05, 0.1) is 12.7 Å². The normalized spacial score (nSPS) is 25.4. The Morgan fingerprint density at radius 2 is 2.00 bits per heavy atom. The molecule has 0 aromatic heterocycles. The third-order valence-corrected chi connectivity index (χ3v) is 5.02. The standard InChI is InChI=1S/C18H25NO2/c1-12-6-7-15(18(20)21-2)11-17(12)19-16-5-3-4-14(10-16)13-8-9-13/h6-7,11,13-14,16,19H,3-5,8-10H2,1-2H3. The van der Waals surface area contributed by atoms with E-state index in [1.54, 1.807) is 0 Å². The van der Waals surface area contributed by atoms with Gasteiger partial charge in [-0.1, -0.05) is 18.9 Å². The Labute approximate surface area is 127 Å². The first kappa shape index (κ1) is 14.4. The van der Waals surface area contributed by atoms with E-state index < -0.39 is 0 Å². The summed E-state index contributed by atoms with van der Waals surface area (Å²) in [5.41, 5.74) is 2.90. The highest BCUT2D eigenvalue weighted by molar-refractivity contribution is 5.90. The van der Waals surface area contributed by atoms with E-state index in [9.17, 15) is 4.79 Å². The molecule has 0 spiro atoms. The van der Waals surface area contributed by atoms with Crippen molar-refractivity contribution in [3.05, 3.63) is 29.3 Å². The lowest BCUT2D eigenvalue weighted by atomic mass is 9.82. The minimum Gasteiger partial charge on any atom is -0.465 e. The first-order valence-electron chi connectivity index (χ1n) is 8.13. The summed E-state index contributed by atoms with van der Waals surface area (Å²) in [6, 6.07) is 6.31. The number of ether oxygens (including phenoxy) is 1. The predicted molar refractivity (Wildman–Crippen MR) is 84.6 cm³/mol. The van der Waals surface area contributed by atoms with Crippen molar-refractivity contribution in [2.45, 2.75) is 51.5 Å². The average Bonchev–Trinajstić information content (AvgIpc) is 3.34. The van der Waals surface area contributed by atoms with Crippen LogP contribution in [0.25, 0.3) is 0 Å². The van der Waals surface area contributed by atoms with Gasteiger partial charge in [0, 0.05) is 11.7 Å². The minimum absolute atomic E-state index is 0.266. The maximum absolute atomic E-state index is 11.7. The fraction of sp³-hybridized carbons (Fsp3) is 0.611. The summed E-state index contributed by atoms with van der Waals surface area (Å²) < 4.78 is 4.81. The van der Waals surface area contributed by atoms with E-state index in [4.69, 9.17) is 4.74 Å². The second-order valence-corrected chi connectivity index (χ2v) is 6.63. The SMILES string of the molecule is COC(=O)c1ccc(C)c(NC2CCCC(C3CC3)C2)c1. The molecule has 2 unspecified atom stereocenters. The van der Waals surface area contributed by atoms with Crippen LogP contribution in [-0.2, 0) is 4.74 Å². The number of benzene rings is 1. The lowest BCUT2D eigenvalue weighted by molar-refractivity contribution is 0.0601. The highest BCUT2D eigenvalue weighted by Crippen LogP contribution is 2.44. The summed E-state index contributed by atoms with van der Waals surface area (Å²) in [5, 5.41) is 3.67. The van der Waals surface area contributed by atoms with Crippen LogP contribution in [0.15, 0.2) is 18.2 Å². The number of carbonyl (C=O) groups excluding carboxylic acids is 1. The Bertz CT molecular complexity index is 522. The number of hydrogen-bond acceptors (Lipinski definition) is 3. The first-order valence-corrected chi connectivity index (χ1v) is 8.13. The fourth-order valence-electron chi connectivity index (χ4n) is 3.60. The van der Waals surface area contributed by atoms with E-state index in [1.165, 1.54) is 51.2 Å². The molecule has 0 saturated heterocycles. The molecule has 114 valence electrons. The van der Waals surface area contributed by atoms with Crippen molar-refractivity contribution in [1.29, 1.82) is 0 Å². The van der Waals surface area contributed by atoms with Crippen LogP contribution in [0.1, 0.15) is 54.4 Å². The highest BCUT2D eigenvalue weighted by Gasteiger charge is 2.34. The number of anilines is 1. The Kier molecular flexibility index (Phi) is 4.18. The van der Waals surface area contributed by atoms with Crippen LogP contribution in [0, 0.1) is 18.8 Å². The quantitative estimate of drug-likeness (QED) is 0.845. The molecule has 2 atom stereocenters. The molecule has 2 aliphatic carbocycles. The van der Waals surface area contributed by atoms with Gasteiger partial charge in [-0.2, -0.15) is 0 Å². The molecular weight excluding hydrogens is 262 g/mol. The molecule has 3 rings (SSSR count). The van der Waals surface area contributed by atoms with Crippen molar-refractivity contribution in [2.24, 2.45) is 11.8 Å². The molecule has 0 bridgehead atoms. The average molecular weight is 287 g/mol. The molecule has 2 saturated carbocycles. The number of nitrogens with one attached hydrogen (secondary N) is 1. The molecule has 0 heterocycles. The maximum Gasteiger partial charge on any atom is 0.337 e. The van der Waals surface area contributed by atoms with Gasteiger partial charge in [-0.15, -0.1) is 0 Å². The molecule has 0 aliphatic heterocycles. The lowest BCUT2D eigenvalue weighted by Crippen LogP contribution is -2.28. The number of methoxy groups -OCH3 is 1. The second kappa shape index (κ2) is 6.08. The van der Waals surface area contributed by atoms with Crippen molar-refractivity contribution in [2.75, 3.05) is 12.4 Å². The summed E-state index contributed by atoms with van der Waals surface area (Å²) in [6.45, 7) is 2.09. The van der Waals surface area contributed by atoms with Crippen molar-refractivity contribution in [1.82, 2.24) is 0 Å². The molecule has 1 aromatic rings. The van der Waals surface area contributed by atoms with Crippen LogP contribution >= 0.6 is 0 Å². The van der Waals surface area contributed by atoms with Crippen molar-refractivity contribution in [3.8, 4) is 0 Å². The zero-order valence-electron chi connectivity index (χ0n) is 13.0. The molecule has 1 aromatic carbocycles. The van der Waals surface area contributed by atoms with Gasteiger partial charge < -0.3 is 10.1 Å². The molecule has 3 heteroatoms. The van der Waals surface area contributed by atoms with E-state index in [0.717, 1.165) is 17.5 Å². The zero-order chi connectivity index (χ0) is 14.8. The van der Waals surface area contributed by atoms with E-state index in [2.05, 4.69) is 12.2 Å². The van der Waals surface area contributed by atoms with Gasteiger partial charge in [0.25, 0.3) is 0 Å². The monoisotopic (exact) mass is 287 g/mol. The molecule has 2 aliphatic rings. The summed E-state index contributed by atoms with van der Waals surface area (Å²) in [5.74, 6) is 1.65. The maximum atomic E-state index is 11.7. The molecule has 3 nitrogen and oxygen atoms in total. The van der Waals surface area contributed by atoms with Crippen LogP contribution in [0.4, 0.5) is 5.69 Å². The van der Waals surface area contributed by atoms with Crippen LogP contribution in [0.5, 0.6) is 0 Å². The van der Waals surface area contributed by atoms with Gasteiger partial charge in [0.1, 0.15) is 0 Å². The number of rotatable bonds is 4. The Morgan fingerprint density at radius 1 is 1.19 bits per heavy atom. The Morgan fingerprint density at radius 3 is 2.71 bits per heavy atom. The van der Waals surface area contributed by atoms with Gasteiger partial charge in [-0.25, -0.2) is 4.79 Å². The molecule has 1 N–H and O–H groups in total. The van der Waals surface area contributed by atoms with E-state index in [1.807, 2.05) is 18.2 Å². The van der Waals surface area contributed by atoms with Gasteiger partial charge in [-0.05, 0) is 62.1 Å².